The molecule has 0 saturated carbocycles. The first-order valence-corrected chi connectivity index (χ1v) is 25.4. The van der Waals surface area contributed by atoms with Crippen LogP contribution < -0.4 is 3.58 Å². The third kappa shape index (κ3) is 18.2. The predicted octanol–water partition coefficient (Wildman–Crippen LogP) is 8.89. The summed E-state index contributed by atoms with van der Waals surface area (Å²) in [5.74, 6) is -0.160. The summed E-state index contributed by atoms with van der Waals surface area (Å²) in [7, 11) is 0. The summed E-state index contributed by atoms with van der Waals surface area (Å²) in [5, 5.41) is 0. The van der Waals surface area contributed by atoms with Gasteiger partial charge in [0.25, 0.3) is 0 Å². The second-order valence-corrected chi connectivity index (χ2v) is 26.1. The van der Waals surface area contributed by atoms with Crippen LogP contribution in [-0.4, -0.2) is 85.1 Å². The molecule has 2 bridgehead atoms. The van der Waals surface area contributed by atoms with Gasteiger partial charge in [0.2, 0.25) is 0 Å². The summed E-state index contributed by atoms with van der Waals surface area (Å²) in [6, 6.07) is 17.1. The molecule has 0 atom stereocenters. The zero-order valence-corrected chi connectivity index (χ0v) is 33.1. The SMILES string of the molecule is C.CCC[CH2][Sn]([CH2]CCC)([CH2]CCC)[c]1ccc(CC)cc1.CCc1ccc(F)cc1.F[N+]12CC[N+](CCl)(CC1)CC2.O=C=O.O=C=O. The molecule has 6 nitrogen and oxygen atoms in total. The van der Waals surface area contributed by atoms with Gasteiger partial charge in [-0.15, -0.1) is 4.71 Å². The largest absolute Gasteiger partial charge is 0.373 e. The first-order chi connectivity index (χ1) is 22.6. The van der Waals surface area contributed by atoms with Crippen LogP contribution >= 0.6 is 11.6 Å². The maximum atomic E-state index is 13.5. The number of piperazine rings is 3. The van der Waals surface area contributed by atoms with E-state index in [9.17, 15) is 8.87 Å². The van der Waals surface area contributed by atoms with E-state index in [-0.39, 0.29) is 30.3 Å². The van der Waals surface area contributed by atoms with Gasteiger partial charge in [0, 0.05) is 0 Å². The Morgan fingerprint density at radius 3 is 1.27 bits per heavy atom. The predicted molar refractivity (Wildman–Crippen MR) is 194 cm³/mol. The van der Waals surface area contributed by atoms with E-state index in [4.69, 9.17) is 30.8 Å². The molecule has 3 aliphatic heterocycles. The maximum absolute atomic E-state index is 13.5. The minimum atomic E-state index is -2.15. The first-order valence-electron chi connectivity index (χ1n) is 17.4. The van der Waals surface area contributed by atoms with E-state index in [1.165, 1.54) is 68.2 Å². The minimum absolute atomic E-state index is 0. The molecule has 5 rings (SSSR count). The van der Waals surface area contributed by atoms with Crippen molar-refractivity contribution in [1.29, 1.82) is 0 Å². The van der Waals surface area contributed by atoms with Gasteiger partial charge in [0.1, 0.15) is 25.5 Å². The van der Waals surface area contributed by atoms with Crippen molar-refractivity contribution in [2.75, 3.05) is 45.3 Å². The second kappa shape index (κ2) is 27.8. The topological polar surface area (TPSA) is 68.3 Å². The van der Waals surface area contributed by atoms with Gasteiger partial charge in [-0.05, 0) is 28.6 Å². The van der Waals surface area contributed by atoms with Crippen LogP contribution in [0.5, 0.6) is 0 Å². The Hall–Kier alpha value is -1.93. The van der Waals surface area contributed by atoms with Gasteiger partial charge < -0.3 is 0 Å². The fourth-order valence-corrected chi connectivity index (χ4v) is 22.5. The van der Waals surface area contributed by atoms with Gasteiger partial charge in [-0.2, -0.15) is 19.2 Å². The Morgan fingerprint density at radius 2 is 0.979 bits per heavy atom. The second-order valence-electron chi connectivity index (χ2n) is 12.6. The van der Waals surface area contributed by atoms with Gasteiger partial charge in [-0.25, -0.2) is 4.39 Å². The number of quaternary nitrogens is 2. The number of fused-ring (bicyclic) bond motifs is 3. The number of benzene rings is 2. The molecule has 2 aromatic carbocycles. The Bertz CT molecular complexity index is 1100. The van der Waals surface area contributed by atoms with E-state index in [1.807, 2.05) is 10.5 Å². The third-order valence-electron chi connectivity index (χ3n) is 9.50. The van der Waals surface area contributed by atoms with Gasteiger partial charge in [-0.1, -0.05) is 38.1 Å². The monoisotopic (exact) mass is 804 g/mol. The molecule has 10 heteroatoms. The van der Waals surface area contributed by atoms with Crippen LogP contribution in [0.3, 0.4) is 0 Å². The molecule has 0 aromatic heterocycles. The quantitative estimate of drug-likeness (QED) is 0.0668. The number of halogens is 3. The molecular weight excluding hydrogens is 741 g/mol. The van der Waals surface area contributed by atoms with E-state index in [0.717, 1.165) is 30.5 Å². The number of aryl methyl sites for hydroxylation is 2. The molecule has 3 aliphatic rings. The molecule has 3 fully saturated rings. The van der Waals surface area contributed by atoms with Gasteiger partial charge in [-0.3, -0.25) is 4.48 Å². The standard InChI is InChI=1S/C8H9F.C8H9.C7H14ClFN2.3C4H9.2CO2.CH4.Sn/c1-2-7-3-5-8(9)6-4-7;1-2-8-6-4-3-5-7-8;8-7-10-1-4-11(9,5-2-10)6-3-10;3*1-3-4-2;2*2-1-3;;/h3-6H,2H2,1H3;4-7H,2H2,1H3;1-7H2;3*1,3-4H2,2H3;;;1H4;/q;;+2;;;;;;;. The van der Waals surface area contributed by atoms with Crippen LogP contribution in [0.15, 0.2) is 48.5 Å². The zero-order chi connectivity index (χ0) is 35.6. The van der Waals surface area contributed by atoms with Crippen molar-refractivity contribution in [3.8, 4) is 0 Å². The molecule has 0 spiro atoms. The number of alkyl halides is 1. The molecule has 0 unspecified atom stereocenters. The molecule has 3 saturated heterocycles. The first kappa shape index (κ1) is 48.2. The Morgan fingerprint density at radius 1 is 0.646 bits per heavy atom. The number of unbranched alkanes of at least 4 members (excludes halogenated alkanes) is 3. The molecule has 48 heavy (non-hydrogen) atoms. The average molecular weight is 804 g/mol. The number of carbonyl (C=O) groups excluding carboxylic acids is 4. The smallest absolute Gasteiger partial charge is 0.297 e. The van der Waals surface area contributed by atoms with Crippen LogP contribution in [0.4, 0.5) is 8.87 Å². The average Bonchev–Trinajstić information content (AvgIpc) is 3.10. The zero-order valence-electron chi connectivity index (χ0n) is 29.5. The van der Waals surface area contributed by atoms with E-state index in [0.29, 0.717) is 25.6 Å². The van der Waals surface area contributed by atoms with Gasteiger partial charge >= 0.3 is 150 Å². The van der Waals surface area contributed by atoms with Crippen molar-refractivity contribution in [2.45, 2.75) is 107 Å². The fraction of sp³-hybridized carbons (Fsp3) is 0.632. The summed E-state index contributed by atoms with van der Waals surface area (Å²) in [6.45, 7) is 16.2. The number of rotatable bonds is 13. The number of nitrogens with zero attached hydrogens (tertiary/aromatic N) is 2. The molecule has 3 heterocycles. The van der Waals surface area contributed by atoms with Crippen LogP contribution in [0.2, 0.25) is 13.3 Å². The summed E-state index contributed by atoms with van der Waals surface area (Å²) < 4.78 is 33.1. The van der Waals surface area contributed by atoms with Crippen LogP contribution in [0, 0.1) is 5.82 Å². The fourth-order valence-electron chi connectivity index (χ4n) is 6.19. The summed E-state index contributed by atoms with van der Waals surface area (Å²) in [4.78, 5) is 32.5. The summed E-state index contributed by atoms with van der Waals surface area (Å²) >= 11 is 3.70. The van der Waals surface area contributed by atoms with Gasteiger partial charge in [0.15, 0.2) is 25.6 Å². The molecule has 2 aromatic rings. The Labute approximate surface area is 299 Å². The van der Waals surface area contributed by atoms with E-state index in [2.05, 4.69) is 52.0 Å². The summed E-state index contributed by atoms with van der Waals surface area (Å²) in [6.07, 6.45) is 11.1. The third-order valence-corrected chi connectivity index (χ3v) is 25.7. The van der Waals surface area contributed by atoms with Crippen molar-refractivity contribution in [2.24, 2.45) is 0 Å². The molecule has 0 aliphatic carbocycles. The molecular formula is C38H63ClF2N2O4Sn+2. The van der Waals surface area contributed by atoms with Crippen LogP contribution in [-0.2, 0) is 32.0 Å². The molecule has 0 radical (unpaired) electrons. The van der Waals surface area contributed by atoms with Crippen molar-refractivity contribution in [3.63, 3.8) is 0 Å². The van der Waals surface area contributed by atoms with Crippen LogP contribution in [0.1, 0.15) is 91.7 Å². The van der Waals surface area contributed by atoms with E-state index in [1.54, 1.807) is 25.4 Å². The number of hydrogen-bond donors (Lipinski definition) is 0. The maximum Gasteiger partial charge on any atom is 0.373 e. The van der Waals surface area contributed by atoms with Crippen LogP contribution in [0.25, 0.3) is 0 Å². The summed E-state index contributed by atoms with van der Waals surface area (Å²) in [5.41, 5.74) is 2.68. The normalized spacial score (nSPS) is 18.7. The van der Waals surface area contributed by atoms with Crippen molar-refractivity contribution in [1.82, 2.24) is 0 Å². The molecule has 0 N–H and O–H groups in total. The van der Waals surface area contributed by atoms with Crippen molar-refractivity contribution in [3.05, 3.63) is 65.5 Å². The van der Waals surface area contributed by atoms with Crippen molar-refractivity contribution < 1.29 is 37.2 Å². The van der Waals surface area contributed by atoms with Gasteiger partial charge in [0.05, 0.1) is 0 Å². The minimum Gasteiger partial charge on any atom is -0.297 e. The number of hydrogen-bond acceptors (Lipinski definition) is 4. The molecule has 0 amide bonds. The van der Waals surface area contributed by atoms with E-state index >= 15 is 0 Å². The Balaban J connectivity index is 0. The molecule has 272 valence electrons. The van der Waals surface area contributed by atoms with Crippen molar-refractivity contribution >= 4 is 45.9 Å². The Kier molecular flexibility index (Phi) is 27.9. The van der Waals surface area contributed by atoms with E-state index < -0.39 is 18.4 Å².